The van der Waals surface area contributed by atoms with E-state index in [9.17, 15) is 15.8 Å². The van der Waals surface area contributed by atoms with Crippen LogP contribution >= 0.6 is 0 Å². The van der Waals surface area contributed by atoms with Crippen molar-refractivity contribution in [2.24, 2.45) is 16.7 Å². The Kier molecular flexibility index (Phi) is 2.10. The molecule has 18 heavy (non-hydrogen) atoms. The second-order valence-electron chi connectivity index (χ2n) is 5.00. The van der Waals surface area contributed by atoms with Crippen molar-refractivity contribution in [1.82, 2.24) is 0 Å². The van der Waals surface area contributed by atoms with Crippen LogP contribution in [0.3, 0.4) is 0 Å². The van der Waals surface area contributed by atoms with Crippen LogP contribution in [0.25, 0.3) is 0 Å². The predicted octanol–water partition coefficient (Wildman–Crippen LogP) is 1.89. The molecule has 0 spiro atoms. The maximum Gasteiger partial charge on any atom is 0.214 e. The van der Waals surface area contributed by atoms with E-state index in [0.717, 1.165) is 0 Å². The van der Waals surface area contributed by atoms with Gasteiger partial charge in [0.1, 0.15) is 0 Å². The van der Waals surface area contributed by atoms with E-state index < -0.39 is 22.3 Å². The van der Waals surface area contributed by atoms with Crippen molar-refractivity contribution < 1.29 is 4.74 Å². The summed E-state index contributed by atoms with van der Waals surface area (Å²) < 4.78 is 5.49. The van der Waals surface area contributed by atoms with E-state index in [1.807, 2.05) is 24.3 Å². The lowest BCUT2D eigenvalue weighted by atomic mass is 9.50. The lowest BCUT2D eigenvalue weighted by molar-refractivity contribution is 0.0539. The number of nitriles is 3. The Balaban J connectivity index is 2.95. The van der Waals surface area contributed by atoms with Crippen molar-refractivity contribution in [3.05, 3.63) is 11.6 Å². The first-order valence-corrected chi connectivity index (χ1v) is 5.57. The minimum Gasteiger partial charge on any atom is -0.466 e. The van der Waals surface area contributed by atoms with Gasteiger partial charge in [-0.2, -0.15) is 15.8 Å². The van der Waals surface area contributed by atoms with Gasteiger partial charge in [-0.25, -0.2) is 0 Å². The molecule has 2 bridgehead atoms. The second kappa shape index (κ2) is 3.12. The average Bonchev–Trinajstić information content (AvgIpc) is 2.49. The molecule has 0 aromatic rings. The van der Waals surface area contributed by atoms with Crippen molar-refractivity contribution in [2.75, 3.05) is 0 Å². The summed E-state index contributed by atoms with van der Waals surface area (Å²) in [6.45, 7) is 5.10. The topological polar surface area (TPSA) is 104 Å². The van der Waals surface area contributed by atoms with E-state index in [2.05, 4.69) is 0 Å². The molecule has 1 aliphatic carbocycles. The molecule has 2 rings (SSSR count). The van der Waals surface area contributed by atoms with Gasteiger partial charge in [0.05, 0.1) is 18.2 Å². The molecule has 1 fully saturated rings. The quantitative estimate of drug-likeness (QED) is 0.652. The number of nitrogens with one attached hydrogen (secondary N) is 1. The number of fused-ring (bicyclic) bond motifs is 2. The summed E-state index contributed by atoms with van der Waals surface area (Å²) in [6.07, 6.45) is 1.82. The molecule has 0 saturated carbocycles. The number of hydrogen-bond acceptors (Lipinski definition) is 5. The van der Waals surface area contributed by atoms with Crippen molar-refractivity contribution in [1.29, 1.82) is 21.2 Å². The maximum absolute atomic E-state index is 9.51. The smallest absolute Gasteiger partial charge is 0.214 e. The van der Waals surface area contributed by atoms with Gasteiger partial charge in [0, 0.05) is 5.92 Å². The minimum absolute atomic E-state index is 0.281. The van der Waals surface area contributed by atoms with Crippen LogP contribution in [-0.2, 0) is 4.74 Å². The fourth-order valence-corrected chi connectivity index (χ4v) is 3.14. The summed E-state index contributed by atoms with van der Waals surface area (Å²) in [6, 6.07) is 5.93. The number of nitrogens with zero attached hydrogens (tertiary/aromatic N) is 3. The van der Waals surface area contributed by atoms with Crippen molar-refractivity contribution in [3.8, 4) is 18.2 Å². The highest BCUT2D eigenvalue weighted by Crippen LogP contribution is 2.64. The molecule has 90 valence electrons. The molecular weight excluding hydrogens is 228 g/mol. The third kappa shape index (κ3) is 0.824. The Morgan fingerprint density at radius 3 is 2.28 bits per heavy atom. The first kappa shape index (κ1) is 12.1. The van der Waals surface area contributed by atoms with Crippen LogP contribution in [0.2, 0.25) is 0 Å². The Morgan fingerprint density at radius 2 is 1.83 bits per heavy atom. The number of ether oxygens (including phenoxy) is 1. The molecule has 2 aliphatic rings. The third-order valence-electron chi connectivity index (χ3n) is 4.42. The normalized spacial score (nSPS) is 39.9. The molecule has 1 saturated heterocycles. The molecule has 0 radical (unpaired) electrons. The third-order valence-corrected chi connectivity index (χ3v) is 4.42. The Morgan fingerprint density at radius 1 is 1.28 bits per heavy atom. The fraction of sp³-hybridized carbons (Fsp3) is 0.538. The fourth-order valence-electron chi connectivity index (χ4n) is 3.14. The number of hydrogen-bond donors (Lipinski definition) is 1. The second-order valence-corrected chi connectivity index (χ2v) is 5.00. The lowest BCUT2D eigenvalue weighted by Crippen LogP contribution is -2.55. The van der Waals surface area contributed by atoms with E-state index in [-0.39, 0.29) is 5.90 Å². The summed E-state index contributed by atoms with van der Waals surface area (Å²) in [5, 5.41) is 36.5. The minimum atomic E-state index is -1.68. The zero-order chi connectivity index (χ0) is 13.8. The molecule has 5 heteroatoms. The molecule has 1 aliphatic heterocycles. The van der Waals surface area contributed by atoms with Gasteiger partial charge in [0.2, 0.25) is 11.3 Å². The highest BCUT2D eigenvalue weighted by atomic mass is 16.5. The lowest BCUT2D eigenvalue weighted by Gasteiger charge is -2.42. The zero-order valence-corrected chi connectivity index (χ0v) is 10.4. The van der Waals surface area contributed by atoms with Gasteiger partial charge in [-0.15, -0.1) is 0 Å². The predicted molar refractivity (Wildman–Crippen MR) is 61.8 cm³/mol. The van der Waals surface area contributed by atoms with Gasteiger partial charge >= 0.3 is 0 Å². The largest absolute Gasteiger partial charge is 0.466 e. The molecule has 1 N–H and O–H groups in total. The summed E-state index contributed by atoms with van der Waals surface area (Å²) >= 11 is 0. The van der Waals surface area contributed by atoms with Crippen LogP contribution in [0.1, 0.15) is 20.8 Å². The van der Waals surface area contributed by atoms with Crippen LogP contribution < -0.4 is 0 Å². The van der Waals surface area contributed by atoms with Gasteiger partial charge in [-0.1, -0.05) is 13.0 Å². The van der Waals surface area contributed by atoms with E-state index >= 15 is 0 Å². The number of allylic oxidation sites excluding steroid dienone is 1. The summed E-state index contributed by atoms with van der Waals surface area (Å²) in [7, 11) is 0. The van der Waals surface area contributed by atoms with E-state index in [0.29, 0.717) is 5.57 Å². The SMILES string of the molecule is CC1=C[C@@H](C)[C@@]2(C#N)C(=N)O[C@@]1(C)C2(C#N)C#N. The number of rotatable bonds is 0. The maximum atomic E-state index is 9.51. The Labute approximate surface area is 105 Å². The van der Waals surface area contributed by atoms with Gasteiger partial charge in [-0.3, -0.25) is 5.41 Å². The summed E-state index contributed by atoms with van der Waals surface area (Å²) in [4.78, 5) is 0. The standard InChI is InChI=1S/C13H12N4O/c1-8-4-9(2)13(7-16)10(17)18-11(8,3)12(13,5-14)6-15/h4,9,17H,1-3H3/t9-,11-,13+/m1/s1. The summed E-state index contributed by atoms with van der Waals surface area (Å²) in [5.41, 5.74) is -3.71. The van der Waals surface area contributed by atoms with Gasteiger partial charge in [0.25, 0.3) is 0 Å². The van der Waals surface area contributed by atoms with Crippen LogP contribution in [0.15, 0.2) is 11.6 Å². The average molecular weight is 240 g/mol. The monoisotopic (exact) mass is 240 g/mol. The van der Waals surface area contributed by atoms with E-state index in [1.165, 1.54) is 0 Å². The molecule has 1 heterocycles. The zero-order valence-electron chi connectivity index (χ0n) is 10.4. The van der Waals surface area contributed by atoms with Crippen LogP contribution in [0, 0.1) is 56.2 Å². The molecule has 0 aromatic carbocycles. The summed E-state index contributed by atoms with van der Waals surface area (Å²) in [5.74, 6) is -0.693. The molecule has 5 nitrogen and oxygen atoms in total. The Hall–Kier alpha value is -2.32. The molecule has 3 atom stereocenters. The van der Waals surface area contributed by atoms with Gasteiger partial charge < -0.3 is 4.74 Å². The van der Waals surface area contributed by atoms with Crippen molar-refractivity contribution in [3.63, 3.8) is 0 Å². The first-order valence-electron chi connectivity index (χ1n) is 5.57. The highest BCUT2D eigenvalue weighted by Gasteiger charge is 2.78. The van der Waals surface area contributed by atoms with E-state index in [1.54, 1.807) is 20.8 Å². The van der Waals surface area contributed by atoms with Gasteiger partial charge in [-0.05, 0) is 19.4 Å². The molecular formula is C13H12N4O. The first-order chi connectivity index (χ1) is 8.36. The van der Waals surface area contributed by atoms with E-state index in [4.69, 9.17) is 10.1 Å². The highest BCUT2D eigenvalue weighted by molar-refractivity contribution is 5.91. The molecule has 0 aromatic heterocycles. The molecule has 0 amide bonds. The van der Waals surface area contributed by atoms with Crippen LogP contribution in [0.4, 0.5) is 0 Å². The van der Waals surface area contributed by atoms with Gasteiger partial charge in [0.15, 0.2) is 11.0 Å². The van der Waals surface area contributed by atoms with Crippen LogP contribution in [0.5, 0.6) is 0 Å². The van der Waals surface area contributed by atoms with Crippen LogP contribution in [-0.4, -0.2) is 11.5 Å². The van der Waals surface area contributed by atoms with Crippen molar-refractivity contribution in [2.45, 2.75) is 26.4 Å². The van der Waals surface area contributed by atoms with Crippen molar-refractivity contribution >= 4 is 5.90 Å². The molecule has 0 unspecified atom stereocenters. The Bertz CT molecular complexity index is 586.